The van der Waals surface area contributed by atoms with E-state index < -0.39 is 17.6 Å². The van der Waals surface area contributed by atoms with Crippen molar-refractivity contribution >= 4 is 29.1 Å². The maximum atomic E-state index is 13.2. The summed E-state index contributed by atoms with van der Waals surface area (Å²) >= 11 is 0. The van der Waals surface area contributed by atoms with E-state index >= 15 is 0 Å². The summed E-state index contributed by atoms with van der Waals surface area (Å²) in [6, 6.07) is 16.6. The second-order valence-electron chi connectivity index (χ2n) is 7.88. The number of allylic oxidation sites excluding steroid dienone is 1. The van der Waals surface area contributed by atoms with Crippen LogP contribution < -0.4 is 15.0 Å². The maximum absolute atomic E-state index is 13.2. The fourth-order valence-corrected chi connectivity index (χ4v) is 3.38. The number of aliphatic hydroxyl groups excluding tert-OH is 1. The minimum atomic E-state index is -4.67. The Hall–Kier alpha value is -4.11. The van der Waals surface area contributed by atoms with Gasteiger partial charge in [-0.1, -0.05) is 18.2 Å². The number of alkyl halides is 3. The molecule has 0 aliphatic rings. The molecule has 0 aromatic heterocycles. The molecule has 0 heterocycles. The van der Waals surface area contributed by atoms with Crippen molar-refractivity contribution in [3.05, 3.63) is 95.1 Å². The van der Waals surface area contributed by atoms with Gasteiger partial charge in [0.25, 0.3) is 5.91 Å². The van der Waals surface area contributed by atoms with Crippen molar-refractivity contribution < 1.29 is 32.6 Å². The van der Waals surface area contributed by atoms with Crippen LogP contribution in [0.3, 0.4) is 0 Å². The summed E-state index contributed by atoms with van der Waals surface area (Å²) in [5.41, 5.74) is 1.25. The predicted octanol–water partition coefficient (Wildman–Crippen LogP) is 5.29. The summed E-state index contributed by atoms with van der Waals surface area (Å²) in [7, 11) is 2.99. The van der Waals surface area contributed by atoms with E-state index in [0.717, 1.165) is 30.5 Å². The first-order chi connectivity index (χ1) is 17.1. The van der Waals surface area contributed by atoms with E-state index in [9.17, 15) is 22.8 Å². The van der Waals surface area contributed by atoms with Crippen molar-refractivity contribution in [2.75, 3.05) is 37.5 Å². The molecule has 3 aromatic rings. The first-order valence-electron chi connectivity index (χ1n) is 10.9. The Morgan fingerprint density at radius 1 is 1.00 bits per heavy atom. The van der Waals surface area contributed by atoms with Gasteiger partial charge in [0.2, 0.25) is 0 Å². The normalized spacial score (nSPS) is 11.4. The third-order valence-electron chi connectivity index (χ3n) is 5.39. The lowest BCUT2D eigenvalue weighted by Gasteiger charge is -2.17. The van der Waals surface area contributed by atoms with Crippen LogP contribution in [0, 0.1) is 0 Å². The molecule has 188 valence electrons. The molecule has 0 saturated heterocycles. The summed E-state index contributed by atoms with van der Waals surface area (Å²) in [6.45, 7) is 0.564. The number of benzene rings is 3. The van der Waals surface area contributed by atoms with Gasteiger partial charge < -0.3 is 20.1 Å². The van der Waals surface area contributed by atoms with E-state index in [1.807, 2.05) is 36.2 Å². The Morgan fingerprint density at radius 3 is 2.22 bits per heavy atom. The Labute approximate surface area is 206 Å². The van der Waals surface area contributed by atoms with Crippen LogP contribution in [0.15, 0.2) is 72.8 Å². The second-order valence-corrected chi connectivity index (χ2v) is 7.88. The highest BCUT2D eigenvalue weighted by Gasteiger charge is 2.35. The number of hydrogen-bond donors (Lipinski definition) is 2. The summed E-state index contributed by atoms with van der Waals surface area (Å²) in [6.07, 6.45) is -1.57. The highest BCUT2D eigenvalue weighted by atomic mass is 19.4. The van der Waals surface area contributed by atoms with Crippen molar-refractivity contribution in [2.45, 2.75) is 6.18 Å². The topological polar surface area (TPSA) is 78.9 Å². The van der Waals surface area contributed by atoms with Crippen LogP contribution in [-0.2, 0) is 6.18 Å². The smallest absolute Gasteiger partial charge is 0.419 e. The van der Waals surface area contributed by atoms with Gasteiger partial charge in [0.05, 0.1) is 19.3 Å². The molecule has 0 unspecified atom stereocenters. The molecule has 1 amide bonds. The van der Waals surface area contributed by atoms with E-state index in [0.29, 0.717) is 17.8 Å². The Balaban J connectivity index is 1.64. The SMILES string of the molecule is COc1ccc(C(=O)Nc2ccc(C(=O)/C=C/c3ccc(N(C)CCO)cc3)cc2)cc1C(F)(F)F. The van der Waals surface area contributed by atoms with Gasteiger partial charge in [0, 0.05) is 36.1 Å². The van der Waals surface area contributed by atoms with E-state index in [4.69, 9.17) is 9.84 Å². The van der Waals surface area contributed by atoms with Crippen molar-refractivity contribution in [1.82, 2.24) is 0 Å². The number of halogens is 3. The van der Waals surface area contributed by atoms with Crippen LogP contribution in [0.4, 0.5) is 24.5 Å². The molecule has 36 heavy (non-hydrogen) atoms. The lowest BCUT2D eigenvalue weighted by atomic mass is 10.1. The first kappa shape index (κ1) is 26.5. The Bertz CT molecular complexity index is 1240. The molecule has 2 N–H and O–H groups in total. The molecule has 0 atom stereocenters. The van der Waals surface area contributed by atoms with E-state index in [1.54, 1.807) is 6.08 Å². The summed E-state index contributed by atoms with van der Waals surface area (Å²) in [5.74, 6) is -1.35. The number of rotatable bonds is 9. The molecule has 9 heteroatoms. The zero-order chi connectivity index (χ0) is 26.3. The zero-order valence-electron chi connectivity index (χ0n) is 19.7. The van der Waals surface area contributed by atoms with E-state index in [1.165, 1.54) is 36.4 Å². The summed E-state index contributed by atoms with van der Waals surface area (Å²) in [5, 5.41) is 11.5. The molecule has 0 aliphatic carbocycles. The van der Waals surface area contributed by atoms with Gasteiger partial charge in [-0.3, -0.25) is 9.59 Å². The molecule has 0 spiro atoms. The number of ketones is 1. The summed E-state index contributed by atoms with van der Waals surface area (Å²) in [4.78, 5) is 26.9. The largest absolute Gasteiger partial charge is 0.496 e. The number of carbonyl (C=O) groups excluding carboxylic acids is 2. The molecule has 0 bridgehead atoms. The number of carbonyl (C=O) groups is 2. The number of anilines is 2. The van der Waals surface area contributed by atoms with Crippen LogP contribution in [0.25, 0.3) is 6.08 Å². The maximum Gasteiger partial charge on any atom is 0.419 e. The number of ether oxygens (including phenoxy) is 1. The highest BCUT2D eigenvalue weighted by molar-refractivity contribution is 6.08. The molecular weight excluding hydrogens is 473 g/mol. The fourth-order valence-electron chi connectivity index (χ4n) is 3.38. The van der Waals surface area contributed by atoms with Gasteiger partial charge >= 0.3 is 6.18 Å². The quantitative estimate of drug-likeness (QED) is 0.310. The Morgan fingerprint density at radius 2 is 1.64 bits per heavy atom. The standard InChI is InChI=1S/C27H25F3N2O4/c1-32(15-16-33)22-11-3-18(4-12-22)5-13-24(34)19-6-9-21(10-7-19)31-26(35)20-8-14-25(36-2)23(17-20)27(28,29)30/h3-14,17,33H,15-16H2,1-2H3,(H,31,35)/b13-5+. The number of amides is 1. The van der Waals surface area contributed by atoms with Crippen LogP contribution in [0.1, 0.15) is 31.8 Å². The van der Waals surface area contributed by atoms with Crippen molar-refractivity contribution in [1.29, 1.82) is 0 Å². The van der Waals surface area contributed by atoms with Crippen LogP contribution >= 0.6 is 0 Å². The van der Waals surface area contributed by atoms with Crippen LogP contribution in [-0.4, -0.2) is 44.1 Å². The lowest BCUT2D eigenvalue weighted by Crippen LogP contribution is -2.20. The fraction of sp³-hybridized carbons (Fsp3) is 0.185. The molecule has 0 fully saturated rings. The first-order valence-corrected chi connectivity index (χ1v) is 10.9. The van der Waals surface area contributed by atoms with Crippen molar-refractivity contribution in [3.63, 3.8) is 0 Å². The number of hydrogen-bond acceptors (Lipinski definition) is 5. The average molecular weight is 499 g/mol. The van der Waals surface area contributed by atoms with E-state index in [-0.39, 0.29) is 23.7 Å². The minimum absolute atomic E-state index is 0.0512. The van der Waals surface area contributed by atoms with Gasteiger partial charge in [0.15, 0.2) is 5.78 Å². The predicted molar refractivity (Wildman–Crippen MR) is 133 cm³/mol. The van der Waals surface area contributed by atoms with Gasteiger partial charge in [-0.05, 0) is 66.2 Å². The van der Waals surface area contributed by atoms with Crippen molar-refractivity contribution in [2.24, 2.45) is 0 Å². The minimum Gasteiger partial charge on any atom is -0.496 e. The molecule has 0 aliphatic heterocycles. The van der Waals surface area contributed by atoms with Gasteiger partial charge in [-0.25, -0.2) is 0 Å². The molecule has 0 radical (unpaired) electrons. The molecule has 6 nitrogen and oxygen atoms in total. The molecule has 3 aromatic carbocycles. The third kappa shape index (κ3) is 6.73. The molecule has 3 rings (SSSR count). The zero-order valence-corrected chi connectivity index (χ0v) is 19.7. The average Bonchev–Trinajstić information content (AvgIpc) is 2.87. The number of nitrogens with one attached hydrogen (secondary N) is 1. The number of methoxy groups -OCH3 is 1. The molecular formula is C27H25F3N2O4. The lowest BCUT2D eigenvalue weighted by molar-refractivity contribution is -0.138. The van der Waals surface area contributed by atoms with Gasteiger partial charge in [-0.2, -0.15) is 13.2 Å². The second kappa shape index (κ2) is 11.5. The Kier molecular flexibility index (Phi) is 8.50. The van der Waals surface area contributed by atoms with Gasteiger partial charge in [0.1, 0.15) is 5.75 Å². The van der Waals surface area contributed by atoms with Crippen LogP contribution in [0.5, 0.6) is 5.75 Å². The van der Waals surface area contributed by atoms with Gasteiger partial charge in [-0.15, -0.1) is 0 Å². The monoisotopic (exact) mass is 498 g/mol. The van der Waals surface area contributed by atoms with Crippen LogP contribution in [0.2, 0.25) is 0 Å². The van der Waals surface area contributed by atoms with E-state index in [2.05, 4.69) is 5.32 Å². The highest BCUT2D eigenvalue weighted by Crippen LogP contribution is 2.36. The third-order valence-corrected chi connectivity index (χ3v) is 5.39. The molecule has 0 saturated carbocycles. The van der Waals surface area contributed by atoms with Crippen molar-refractivity contribution in [3.8, 4) is 5.75 Å². The number of aliphatic hydroxyl groups is 1. The number of nitrogens with zero attached hydrogens (tertiary/aromatic N) is 1. The number of likely N-dealkylation sites (N-methyl/N-ethyl adjacent to an activating group) is 1. The summed E-state index contributed by atoms with van der Waals surface area (Å²) < 4.78 is 44.4.